The summed E-state index contributed by atoms with van der Waals surface area (Å²) >= 11 is 0. The lowest BCUT2D eigenvalue weighted by Crippen LogP contribution is -2.36. The average molecular weight is 262 g/mol. The van der Waals surface area contributed by atoms with Crippen LogP contribution in [0.25, 0.3) is 0 Å². The molecule has 0 saturated carbocycles. The predicted molar refractivity (Wildman–Crippen MR) is 80.5 cm³/mol. The summed E-state index contributed by atoms with van der Waals surface area (Å²) in [6, 6.07) is 4.98. The lowest BCUT2D eigenvalue weighted by molar-refractivity contribution is 0.314. The van der Waals surface area contributed by atoms with Gasteiger partial charge in [-0.3, -0.25) is 4.98 Å². The number of nitrogens with one attached hydrogen (secondary N) is 1. The normalized spacial score (nSPS) is 19.8. The summed E-state index contributed by atoms with van der Waals surface area (Å²) < 4.78 is 0. The number of hydrogen-bond donors (Lipinski definition) is 1. The molecule has 0 spiro atoms. The molecule has 1 fully saturated rings. The van der Waals surface area contributed by atoms with Crippen LogP contribution < -0.4 is 10.2 Å². The van der Waals surface area contributed by atoms with Crippen LogP contribution in [0.2, 0.25) is 0 Å². The maximum absolute atomic E-state index is 4.41. The van der Waals surface area contributed by atoms with Crippen LogP contribution in [0.15, 0.2) is 18.3 Å². The fraction of sp³-hybridized carbons (Fsp3) is 0.667. The van der Waals surface area contributed by atoms with Crippen molar-refractivity contribution in [1.29, 1.82) is 0 Å². The van der Waals surface area contributed by atoms with Crippen LogP contribution in [-0.4, -0.2) is 49.7 Å². The summed E-state index contributed by atoms with van der Waals surface area (Å²) in [6.45, 7) is 6.28. The van der Waals surface area contributed by atoms with Crippen molar-refractivity contribution in [2.75, 3.05) is 38.6 Å². The van der Waals surface area contributed by atoms with Crippen LogP contribution in [0, 0.1) is 0 Å². The average Bonchev–Trinajstić information content (AvgIpc) is 2.82. The van der Waals surface area contributed by atoms with Gasteiger partial charge in [0.05, 0.1) is 5.69 Å². The van der Waals surface area contributed by atoms with Crippen LogP contribution in [0.5, 0.6) is 0 Å². The standard InChI is InChI=1S/C15H26N4/c1-4-16-11-13-10-14(7-8-17-13)19(3)12-15-6-5-9-18(15)2/h7-8,10,15-16H,4-6,9,11-12H2,1-3H3. The SMILES string of the molecule is CCNCc1cc(N(C)CC2CCCN2C)ccn1. The van der Waals surface area contributed by atoms with E-state index in [0.29, 0.717) is 6.04 Å². The molecule has 4 heteroatoms. The predicted octanol–water partition coefficient (Wildman–Crippen LogP) is 1.72. The van der Waals surface area contributed by atoms with Crippen LogP contribution in [0.4, 0.5) is 5.69 Å². The highest BCUT2D eigenvalue weighted by Crippen LogP contribution is 2.19. The summed E-state index contributed by atoms with van der Waals surface area (Å²) in [5.41, 5.74) is 2.38. The molecule has 1 N–H and O–H groups in total. The Morgan fingerprint density at radius 1 is 1.53 bits per heavy atom. The molecule has 19 heavy (non-hydrogen) atoms. The second-order valence-corrected chi connectivity index (χ2v) is 5.44. The van der Waals surface area contributed by atoms with E-state index in [-0.39, 0.29) is 0 Å². The van der Waals surface area contributed by atoms with E-state index in [1.54, 1.807) is 0 Å². The summed E-state index contributed by atoms with van der Waals surface area (Å²) in [6.07, 6.45) is 4.56. The molecule has 1 aliphatic rings. The van der Waals surface area contributed by atoms with E-state index in [2.05, 4.69) is 53.3 Å². The molecule has 1 aliphatic heterocycles. The summed E-state index contributed by atoms with van der Waals surface area (Å²) in [5.74, 6) is 0. The monoisotopic (exact) mass is 262 g/mol. The zero-order valence-electron chi connectivity index (χ0n) is 12.4. The highest BCUT2D eigenvalue weighted by Gasteiger charge is 2.22. The molecule has 0 radical (unpaired) electrons. The topological polar surface area (TPSA) is 31.4 Å². The Kier molecular flexibility index (Phi) is 5.16. The number of hydrogen-bond acceptors (Lipinski definition) is 4. The Bertz CT molecular complexity index is 393. The number of aromatic nitrogens is 1. The van der Waals surface area contributed by atoms with Crippen molar-refractivity contribution in [3.63, 3.8) is 0 Å². The van der Waals surface area contributed by atoms with E-state index in [4.69, 9.17) is 0 Å². The number of likely N-dealkylation sites (tertiary alicyclic amines) is 1. The van der Waals surface area contributed by atoms with Gasteiger partial charge in [-0.05, 0) is 45.1 Å². The Balaban J connectivity index is 1.96. The summed E-state index contributed by atoms with van der Waals surface area (Å²) in [4.78, 5) is 9.23. The Labute approximate surface area is 116 Å². The van der Waals surface area contributed by atoms with E-state index >= 15 is 0 Å². The molecular formula is C15H26N4. The number of likely N-dealkylation sites (N-methyl/N-ethyl adjacent to an activating group) is 2. The van der Waals surface area contributed by atoms with Crippen LogP contribution in [0.3, 0.4) is 0 Å². The second-order valence-electron chi connectivity index (χ2n) is 5.44. The van der Waals surface area contributed by atoms with E-state index in [0.717, 1.165) is 25.3 Å². The van der Waals surface area contributed by atoms with Crippen molar-refractivity contribution in [3.05, 3.63) is 24.0 Å². The molecule has 0 aromatic carbocycles. The molecule has 0 amide bonds. The molecule has 1 unspecified atom stereocenters. The summed E-state index contributed by atoms with van der Waals surface area (Å²) in [5, 5.41) is 3.32. The van der Waals surface area contributed by atoms with E-state index in [9.17, 15) is 0 Å². The lowest BCUT2D eigenvalue weighted by atomic mass is 10.2. The van der Waals surface area contributed by atoms with Gasteiger partial charge in [-0.15, -0.1) is 0 Å². The minimum Gasteiger partial charge on any atom is -0.373 e. The molecule has 106 valence electrons. The summed E-state index contributed by atoms with van der Waals surface area (Å²) in [7, 11) is 4.41. The third kappa shape index (κ3) is 3.91. The zero-order chi connectivity index (χ0) is 13.7. The molecule has 1 aromatic rings. The molecule has 1 aromatic heterocycles. The molecule has 0 bridgehead atoms. The first-order valence-electron chi connectivity index (χ1n) is 7.27. The molecule has 4 nitrogen and oxygen atoms in total. The van der Waals surface area contributed by atoms with E-state index in [1.807, 2.05) is 6.20 Å². The lowest BCUT2D eigenvalue weighted by Gasteiger charge is -2.27. The Morgan fingerprint density at radius 3 is 3.05 bits per heavy atom. The van der Waals surface area contributed by atoms with Crippen molar-refractivity contribution in [1.82, 2.24) is 15.2 Å². The fourth-order valence-electron chi connectivity index (χ4n) is 2.68. The Morgan fingerprint density at radius 2 is 2.37 bits per heavy atom. The van der Waals surface area contributed by atoms with Crippen LogP contribution >= 0.6 is 0 Å². The quantitative estimate of drug-likeness (QED) is 0.846. The van der Waals surface area contributed by atoms with Gasteiger partial charge in [0.15, 0.2) is 0 Å². The second kappa shape index (κ2) is 6.87. The number of rotatable bonds is 6. The van der Waals surface area contributed by atoms with Gasteiger partial charge in [-0.1, -0.05) is 6.92 Å². The maximum Gasteiger partial charge on any atom is 0.0562 e. The van der Waals surface area contributed by atoms with Crippen LogP contribution in [0.1, 0.15) is 25.5 Å². The van der Waals surface area contributed by atoms with Gasteiger partial charge >= 0.3 is 0 Å². The van der Waals surface area contributed by atoms with Gasteiger partial charge in [-0.25, -0.2) is 0 Å². The van der Waals surface area contributed by atoms with Crippen molar-refractivity contribution in [2.24, 2.45) is 0 Å². The van der Waals surface area contributed by atoms with Gasteiger partial charge in [0.25, 0.3) is 0 Å². The number of pyridine rings is 1. The van der Waals surface area contributed by atoms with Crippen molar-refractivity contribution >= 4 is 5.69 Å². The molecular weight excluding hydrogens is 236 g/mol. The van der Waals surface area contributed by atoms with Gasteiger partial charge in [0.1, 0.15) is 0 Å². The minimum absolute atomic E-state index is 0.690. The smallest absolute Gasteiger partial charge is 0.0562 e. The van der Waals surface area contributed by atoms with Crippen molar-refractivity contribution in [3.8, 4) is 0 Å². The van der Waals surface area contributed by atoms with Crippen LogP contribution in [-0.2, 0) is 6.54 Å². The fourth-order valence-corrected chi connectivity index (χ4v) is 2.68. The molecule has 0 aliphatic carbocycles. The van der Waals surface area contributed by atoms with Crippen molar-refractivity contribution in [2.45, 2.75) is 32.4 Å². The third-order valence-corrected chi connectivity index (χ3v) is 3.95. The minimum atomic E-state index is 0.690. The molecule has 2 rings (SSSR count). The van der Waals surface area contributed by atoms with E-state index in [1.165, 1.54) is 25.1 Å². The first kappa shape index (κ1) is 14.3. The van der Waals surface area contributed by atoms with Gasteiger partial charge in [0.2, 0.25) is 0 Å². The third-order valence-electron chi connectivity index (χ3n) is 3.95. The maximum atomic E-state index is 4.41. The van der Waals surface area contributed by atoms with Crippen molar-refractivity contribution < 1.29 is 0 Å². The zero-order valence-corrected chi connectivity index (χ0v) is 12.4. The molecule has 1 saturated heterocycles. The van der Waals surface area contributed by atoms with E-state index < -0.39 is 0 Å². The first-order valence-corrected chi connectivity index (χ1v) is 7.27. The first-order chi connectivity index (χ1) is 9.20. The number of nitrogens with zero attached hydrogens (tertiary/aromatic N) is 3. The largest absolute Gasteiger partial charge is 0.373 e. The Hall–Kier alpha value is -1.13. The highest BCUT2D eigenvalue weighted by molar-refractivity contribution is 5.45. The highest BCUT2D eigenvalue weighted by atomic mass is 15.2. The van der Waals surface area contributed by atoms with Gasteiger partial charge < -0.3 is 15.1 Å². The molecule has 2 heterocycles. The van der Waals surface area contributed by atoms with Gasteiger partial charge in [0, 0.05) is 38.1 Å². The van der Waals surface area contributed by atoms with Gasteiger partial charge in [-0.2, -0.15) is 0 Å². The number of anilines is 1. The molecule has 1 atom stereocenters.